The van der Waals surface area contributed by atoms with Crippen LogP contribution in [-0.2, 0) is 21.9 Å². The van der Waals surface area contributed by atoms with E-state index in [1.54, 1.807) is 24.1 Å². The zero-order valence-electron chi connectivity index (χ0n) is 16.6. The number of rotatable bonds is 9. The minimum atomic E-state index is -0.511. The summed E-state index contributed by atoms with van der Waals surface area (Å²) in [5, 5.41) is 2.66. The van der Waals surface area contributed by atoms with Gasteiger partial charge in [-0.1, -0.05) is 43.3 Å². The zero-order chi connectivity index (χ0) is 20.5. The van der Waals surface area contributed by atoms with Gasteiger partial charge in [0, 0.05) is 19.3 Å². The molecule has 0 spiro atoms. The highest BCUT2D eigenvalue weighted by Crippen LogP contribution is 2.19. The smallest absolute Gasteiger partial charge is 0.242 e. The number of amides is 2. The third kappa shape index (κ3) is 6.09. The van der Waals surface area contributed by atoms with Gasteiger partial charge in [0.1, 0.15) is 11.9 Å². The highest BCUT2D eigenvalue weighted by atomic mass is 32.2. The van der Waals surface area contributed by atoms with Crippen molar-refractivity contribution in [2.45, 2.75) is 38.6 Å². The van der Waals surface area contributed by atoms with Crippen molar-refractivity contribution in [1.29, 1.82) is 0 Å². The number of halogens is 1. The number of carbonyl (C=O) groups excluding carboxylic acids is 2. The lowest BCUT2D eigenvalue weighted by molar-refractivity contribution is -0.139. The quantitative estimate of drug-likeness (QED) is 0.692. The Kier molecular flexibility index (Phi) is 8.51. The largest absolute Gasteiger partial charge is 0.357 e. The molecule has 0 heterocycles. The van der Waals surface area contributed by atoms with Crippen LogP contribution >= 0.6 is 11.8 Å². The summed E-state index contributed by atoms with van der Waals surface area (Å²) in [6.45, 7) is 4.31. The fourth-order valence-electron chi connectivity index (χ4n) is 2.98. The number of carbonyl (C=O) groups is 2. The van der Waals surface area contributed by atoms with E-state index in [0.29, 0.717) is 18.7 Å². The van der Waals surface area contributed by atoms with Gasteiger partial charge in [0.2, 0.25) is 11.8 Å². The zero-order valence-corrected chi connectivity index (χ0v) is 17.4. The van der Waals surface area contributed by atoms with Crippen molar-refractivity contribution in [2.24, 2.45) is 0 Å². The molecule has 2 aromatic rings. The van der Waals surface area contributed by atoms with Crippen molar-refractivity contribution in [3.05, 3.63) is 71.0 Å². The number of hydrogen-bond acceptors (Lipinski definition) is 3. The summed E-state index contributed by atoms with van der Waals surface area (Å²) in [7, 11) is 1.59. The maximum Gasteiger partial charge on any atom is 0.242 e. The topological polar surface area (TPSA) is 49.4 Å². The lowest BCUT2D eigenvalue weighted by Gasteiger charge is -2.30. The molecule has 0 aliphatic rings. The van der Waals surface area contributed by atoms with Gasteiger partial charge < -0.3 is 10.2 Å². The third-order valence-electron chi connectivity index (χ3n) is 4.64. The van der Waals surface area contributed by atoms with Crippen LogP contribution in [0.2, 0.25) is 0 Å². The van der Waals surface area contributed by atoms with Gasteiger partial charge in [0.25, 0.3) is 0 Å². The Bertz CT molecular complexity index is 795. The molecule has 0 bridgehead atoms. The van der Waals surface area contributed by atoms with Crippen LogP contribution in [0.5, 0.6) is 0 Å². The van der Waals surface area contributed by atoms with E-state index >= 15 is 0 Å². The molecular formula is C22H27FN2O2S. The minimum Gasteiger partial charge on any atom is -0.357 e. The maximum absolute atomic E-state index is 13.0. The van der Waals surface area contributed by atoms with E-state index in [0.717, 1.165) is 16.7 Å². The van der Waals surface area contributed by atoms with Crippen molar-refractivity contribution in [3.8, 4) is 0 Å². The molecule has 28 heavy (non-hydrogen) atoms. The van der Waals surface area contributed by atoms with Crippen LogP contribution in [0.1, 0.15) is 30.0 Å². The van der Waals surface area contributed by atoms with Crippen molar-refractivity contribution in [1.82, 2.24) is 10.2 Å². The highest BCUT2D eigenvalue weighted by Gasteiger charge is 2.28. The van der Waals surface area contributed by atoms with Crippen LogP contribution in [0.15, 0.2) is 48.5 Å². The van der Waals surface area contributed by atoms with Crippen LogP contribution in [0.3, 0.4) is 0 Å². The van der Waals surface area contributed by atoms with Gasteiger partial charge in [0.05, 0.1) is 5.75 Å². The van der Waals surface area contributed by atoms with E-state index in [-0.39, 0.29) is 23.4 Å². The first kappa shape index (κ1) is 22.0. The monoisotopic (exact) mass is 402 g/mol. The van der Waals surface area contributed by atoms with E-state index in [2.05, 4.69) is 5.32 Å². The molecule has 2 amide bonds. The molecule has 2 rings (SSSR count). The van der Waals surface area contributed by atoms with E-state index in [1.165, 1.54) is 23.9 Å². The average Bonchev–Trinajstić information content (AvgIpc) is 2.70. The van der Waals surface area contributed by atoms with Crippen LogP contribution in [-0.4, -0.2) is 35.6 Å². The molecule has 2 aromatic carbocycles. The number of thioether (sulfide) groups is 1. The Hall–Kier alpha value is -2.34. The number of aryl methyl sites for hydroxylation is 1. The summed E-state index contributed by atoms with van der Waals surface area (Å²) < 4.78 is 13.0. The summed E-state index contributed by atoms with van der Waals surface area (Å²) in [6, 6.07) is 13.6. The van der Waals surface area contributed by atoms with E-state index in [9.17, 15) is 14.0 Å². The molecule has 0 aliphatic carbocycles. The molecule has 0 aliphatic heterocycles. The molecule has 0 unspecified atom stereocenters. The second-order valence-electron chi connectivity index (χ2n) is 6.61. The SMILES string of the molecule is CC[C@@H](C(=O)NC)N(Cc1ccccc1C)C(=O)CSCc1ccc(F)cc1. The Balaban J connectivity index is 2.10. The highest BCUT2D eigenvalue weighted by molar-refractivity contribution is 7.99. The van der Waals surface area contributed by atoms with Crippen molar-refractivity contribution >= 4 is 23.6 Å². The first-order valence-electron chi connectivity index (χ1n) is 9.34. The number of nitrogens with zero attached hydrogens (tertiary/aromatic N) is 1. The third-order valence-corrected chi connectivity index (χ3v) is 5.63. The average molecular weight is 403 g/mol. The summed E-state index contributed by atoms with van der Waals surface area (Å²) >= 11 is 1.47. The summed E-state index contributed by atoms with van der Waals surface area (Å²) in [4.78, 5) is 27.0. The normalized spacial score (nSPS) is 11.7. The number of nitrogens with one attached hydrogen (secondary N) is 1. The molecule has 1 atom stereocenters. The Labute approximate surface area is 170 Å². The van der Waals surface area contributed by atoms with E-state index in [4.69, 9.17) is 0 Å². The summed E-state index contributed by atoms with van der Waals surface area (Å²) in [5.41, 5.74) is 3.08. The van der Waals surface area contributed by atoms with Gasteiger partial charge in [-0.15, -0.1) is 11.8 Å². The second-order valence-corrected chi connectivity index (χ2v) is 7.59. The van der Waals surface area contributed by atoms with Crippen LogP contribution in [0.4, 0.5) is 4.39 Å². The van der Waals surface area contributed by atoms with Gasteiger partial charge in [0.15, 0.2) is 0 Å². The molecule has 0 aromatic heterocycles. The minimum absolute atomic E-state index is 0.0779. The van der Waals surface area contributed by atoms with Crippen LogP contribution < -0.4 is 5.32 Å². The number of likely N-dealkylation sites (N-methyl/N-ethyl adjacent to an activating group) is 1. The Morgan fingerprint density at radius 1 is 1.14 bits per heavy atom. The van der Waals surface area contributed by atoms with Gasteiger partial charge in [-0.25, -0.2) is 4.39 Å². The second kappa shape index (κ2) is 10.9. The van der Waals surface area contributed by atoms with E-state index < -0.39 is 6.04 Å². The molecule has 6 heteroatoms. The Morgan fingerprint density at radius 2 is 1.82 bits per heavy atom. The molecule has 0 fully saturated rings. The number of benzene rings is 2. The molecule has 0 saturated heterocycles. The molecule has 4 nitrogen and oxygen atoms in total. The van der Waals surface area contributed by atoms with Crippen molar-refractivity contribution < 1.29 is 14.0 Å². The van der Waals surface area contributed by atoms with Crippen LogP contribution in [0.25, 0.3) is 0 Å². The predicted octanol–water partition coefficient (Wildman–Crippen LogP) is 3.92. The first-order chi connectivity index (χ1) is 13.5. The van der Waals surface area contributed by atoms with Gasteiger partial charge >= 0.3 is 0 Å². The molecule has 1 N–H and O–H groups in total. The van der Waals surface area contributed by atoms with Gasteiger partial charge in [-0.05, 0) is 42.2 Å². The van der Waals surface area contributed by atoms with Crippen LogP contribution in [0, 0.1) is 12.7 Å². The maximum atomic E-state index is 13.0. The Morgan fingerprint density at radius 3 is 2.43 bits per heavy atom. The lowest BCUT2D eigenvalue weighted by atomic mass is 10.1. The first-order valence-corrected chi connectivity index (χ1v) is 10.5. The van der Waals surface area contributed by atoms with Gasteiger partial charge in [-0.2, -0.15) is 0 Å². The van der Waals surface area contributed by atoms with Gasteiger partial charge in [-0.3, -0.25) is 9.59 Å². The van der Waals surface area contributed by atoms with Crippen molar-refractivity contribution in [2.75, 3.05) is 12.8 Å². The molecule has 150 valence electrons. The molecule has 0 saturated carbocycles. The summed E-state index contributed by atoms with van der Waals surface area (Å²) in [6.07, 6.45) is 0.542. The fourth-order valence-corrected chi connectivity index (χ4v) is 3.85. The standard InChI is InChI=1S/C22H27FN2O2S/c1-4-20(22(27)24-3)25(13-18-8-6-5-7-16(18)2)21(26)15-28-14-17-9-11-19(23)12-10-17/h5-12,20H,4,13-15H2,1-3H3,(H,24,27)/t20-/m0/s1. The molecule has 0 radical (unpaired) electrons. The summed E-state index contributed by atoms with van der Waals surface area (Å²) in [5.74, 6) is 0.363. The number of hydrogen-bond donors (Lipinski definition) is 1. The van der Waals surface area contributed by atoms with E-state index in [1.807, 2.05) is 38.1 Å². The fraction of sp³-hybridized carbons (Fsp3) is 0.364. The molecular weight excluding hydrogens is 375 g/mol. The predicted molar refractivity (Wildman–Crippen MR) is 112 cm³/mol. The lowest BCUT2D eigenvalue weighted by Crippen LogP contribution is -2.48. The van der Waals surface area contributed by atoms with Crippen molar-refractivity contribution in [3.63, 3.8) is 0 Å².